The van der Waals surface area contributed by atoms with E-state index in [9.17, 15) is 4.79 Å². The van der Waals surface area contributed by atoms with Crippen molar-refractivity contribution in [3.63, 3.8) is 0 Å². The number of carbonyl (C=O) groups is 1. The van der Waals surface area contributed by atoms with Gasteiger partial charge in [0.05, 0.1) is 0 Å². The number of rotatable bonds is 2. The average Bonchev–Trinajstić information content (AvgIpc) is 2.06. The lowest BCUT2D eigenvalue weighted by Gasteiger charge is -1.91. The Balaban J connectivity index is 0.000000310. The highest BCUT2D eigenvalue weighted by atomic mass is 16.1. The van der Waals surface area contributed by atoms with E-state index in [1.807, 2.05) is 24.3 Å². The second-order valence-electron chi connectivity index (χ2n) is 2.59. The number of amides is 1. The van der Waals surface area contributed by atoms with E-state index in [4.69, 9.17) is 0 Å². The van der Waals surface area contributed by atoms with Gasteiger partial charge in [0, 0.05) is 6.92 Å². The predicted molar refractivity (Wildman–Crippen MR) is 55.2 cm³/mol. The molecule has 0 aliphatic carbocycles. The zero-order valence-electron chi connectivity index (χ0n) is 7.86. The summed E-state index contributed by atoms with van der Waals surface area (Å²) < 4.78 is 0. The smallest absolute Gasteiger partial charge is 0.214 e. The van der Waals surface area contributed by atoms with Crippen LogP contribution in [0.1, 0.15) is 12.5 Å². The molecule has 0 aliphatic heterocycles. The maximum absolute atomic E-state index is 9.22. The van der Waals surface area contributed by atoms with Crippen LogP contribution < -0.4 is 5.73 Å². The summed E-state index contributed by atoms with van der Waals surface area (Å²) in [4.78, 5) is 9.22. The first-order chi connectivity index (χ1) is 6.16. The van der Waals surface area contributed by atoms with Crippen molar-refractivity contribution < 1.29 is 4.79 Å². The van der Waals surface area contributed by atoms with Crippen molar-refractivity contribution in [2.45, 2.75) is 13.3 Å². The van der Waals surface area contributed by atoms with Crippen molar-refractivity contribution in [1.82, 2.24) is 0 Å². The number of carbonyl (C=O) groups excluding carboxylic acids is 1. The Hall–Kier alpha value is -1.57. The van der Waals surface area contributed by atoms with Crippen LogP contribution in [0.15, 0.2) is 43.0 Å². The van der Waals surface area contributed by atoms with E-state index < -0.39 is 0 Å². The van der Waals surface area contributed by atoms with Gasteiger partial charge in [0.25, 0.3) is 0 Å². The first-order valence-electron chi connectivity index (χ1n) is 4.07. The molecule has 0 saturated heterocycles. The van der Waals surface area contributed by atoms with Gasteiger partial charge in [-0.05, 0) is 12.0 Å². The average molecular weight is 177 g/mol. The van der Waals surface area contributed by atoms with Gasteiger partial charge >= 0.3 is 0 Å². The van der Waals surface area contributed by atoms with Gasteiger partial charge in [-0.3, -0.25) is 4.79 Å². The predicted octanol–water partition coefficient (Wildman–Crippen LogP) is 1.91. The highest BCUT2D eigenvalue weighted by molar-refractivity contribution is 5.70. The summed E-state index contributed by atoms with van der Waals surface area (Å²) in [6.07, 6.45) is 2.89. The van der Waals surface area contributed by atoms with E-state index in [0.29, 0.717) is 0 Å². The molecule has 0 aliphatic rings. The molecule has 0 aromatic heterocycles. The molecule has 0 fully saturated rings. The van der Waals surface area contributed by atoms with Crippen LogP contribution in [0.3, 0.4) is 0 Å². The fourth-order valence-electron chi connectivity index (χ4n) is 0.781. The molecule has 0 unspecified atom stereocenters. The normalized spacial score (nSPS) is 8.08. The van der Waals surface area contributed by atoms with Crippen molar-refractivity contribution in [2.75, 3.05) is 0 Å². The molecular formula is C11H15NO. The maximum atomic E-state index is 9.22. The molecule has 2 heteroatoms. The lowest BCUT2D eigenvalue weighted by atomic mass is 10.2. The Morgan fingerprint density at radius 3 is 2.31 bits per heavy atom. The summed E-state index contributed by atoms with van der Waals surface area (Å²) in [5.74, 6) is -0.333. The Morgan fingerprint density at radius 2 is 1.92 bits per heavy atom. The third-order valence-electron chi connectivity index (χ3n) is 1.22. The molecule has 0 radical (unpaired) electrons. The second-order valence-corrected chi connectivity index (χ2v) is 2.59. The highest BCUT2D eigenvalue weighted by Gasteiger charge is 1.82. The third kappa shape index (κ3) is 8.34. The summed E-state index contributed by atoms with van der Waals surface area (Å²) in [6.45, 7) is 4.96. The number of primary amides is 1. The SMILES string of the molecule is C=CCc1ccccc1.CC(N)=O. The lowest BCUT2D eigenvalue weighted by Crippen LogP contribution is -2.01. The van der Waals surface area contributed by atoms with Crippen LogP contribution in [0, 0.1) is 0 Å². The number of hydrogen-bond donors (Lipinski definition) is 1. The molecule has 1 amide bonds. The summed E-state index contributed by atoms with van der Waals surface area (Å²) >= 11 is 0. The monoisotopic (exact) mass is 177 g/mol. The largest absolute Gasteiger partial charge is 0.370 e. The van der Waals surface area contributed by atoms with E-state index >= 15 is 0 Å². The Labute approximate surface area is 79.1 Å². The van der Waals surface area contributed by atoms with Gasteiger partial charge in [-0.1, -0.05) is 36.4 Å². The molecule has 0 atom stereocenters. The van der Waals surface area contributed by atoms with Crippen molar-refractivity contribution in [2.24, 2.45) is 5.73 Å². The summed E-state index contributed by atoms with van der Waals surface area (Å²) in [5.41, 5.74) is 5.80. The fourth-order valence-corrected chi connectivity index (χ4v) is 0.781. The summed E-state index contributed by atoms with van der Waals surface area (Å²) in [6, 6.07) is 10.3. The minimum absolute atomic E-state index is 0.333. The van der Waals surface area contributed by atoms with E-state index in [2.05, 4.69) is 24.4 Å². The zero-order valence-corrected chi connectivity index (χ0v) is 7.86. The molecule has 1 rings (SSSR count). The van der Waals surface area contributed by atoms with Gasteiger partial charge in [0.1, 0.15) is 0 Å². The van der Waals surface area contributed by atoms with Gasteiger partial charge in [-0.25, -0.2) is 0 Å². The molecular weight excluding hydrogens is 162 g/mol. The zero-order chi connectivity index (χ0) is 10.1. The van der Waals surface area contributed by atoms with Crippen molar-refractivity contribution >= 4 is 5.91 Å². The molecule has 70 valence electrons. The molecule has 2 nitrogen and oxygen atoms in total. The van der Waals surface area contributed by atoms with Crippen LogP contribution in [-0.4, -0.2) is 5.91 Å². The minimum atomic E-state index is -0.333. The lowest BCUT2D eigenvalue weighted by molar-refractivity contribution is -0.115. The number of nitrogens with two attached hydrogens (primary N) is 1. The van der Waals surface area contributed by atoms with E-state index in [1.54, 1.807) is 0 Å². The van der Waals surface area contributed by atoms with Crippen molar-refractivity contribution in [3.8, 4) is 0 Å². The minimum Gasteiger partial charge on any atom is -0.370 e. The van der Waals surface area contributed by atoms with Crippen LogP contribution in [0.5, 0.6) is 0 Å². The van der Waals surface area contributed by atoms with E-state index in [-0.39, 0.29) is 5.91 Å². The second kappa shape index (κ2) is 7.10. The molecule has 0 heterocycles. The quantitative estimate of drug-likeness (QED) is 0.689. The standard InChI is InChI=1S/C9H10.C2H5NO/c1-2-6-9-7-4-3-5-8-9;1-2(3)4/h2-5,7-8H,1,6H2;1H3,(H2,3,4). The van der Waals surface area contributed by atoms with Crippen LogP contribution in [0.2, 0.25) is 0 Å². The molecule has 1 aromatic rings. The number of allylic oxidation sites excluding steroid dienone is 1. The first kappa shape index (κ1) is 11.4. The van der Waals surface area contributed by atoms with Gasteiger partial charge in [0.2, 0.25) is 5.91 Å². The van der Waals surface area contributed by atoms with Crippen molar-refractivity contribution in [1.29, 1.82) is 0 Å². The Morgan fingerprint density at radius 1 is 1.46 bits per heavy atom. The van der Waals surface area contributed by atoms with E-state index in [0.717, 1.165) is 6.42 Å². The molecule has 0 spiro atoms. The van der Waals surface area contributed by atoms with Crippen LogP contribution in [-0.2, 0) is 11.2 Å². The topological polar surface area (TPSA) is 43.1 Å². The van der Waals surface area contributed by atoms with Gasteiger partial charge in [-0.2, -0.15) is 0 Å². The van der Waals surface area contributed by atoms with E-state index in [1.165, 1.54) is 12.5 Å². The third-order valence-corrected chi connectivity index (χ3v) is 1.22. The Bertz CT molecular complexity index is 250. The maximum Gasteiger partial charge on any atom is 0.214 e. The first-order valence-corrected chi connectivity index (χ1v) is 4.07. The van der Waals surface area contributed by atoms with Gasteiger partial charge in [0.15, 0.2) is 0 Å². The van der Waals surface area contributed by atoms with Crippen molar-refractivity contribution in [3.05, 3.63) is 48.6 Å². The van der Waals surface area contributed by atoms with Crippen LogP contribution >= 0.6 is 0 Å². The molecule has 2 N–H and O–H groups in total. The number of hydrogen-bond acceptors (Lipinski definition) is 1. The Kier molecular flexibility index (Phi) is 6.24. The molecule has 0 bridgehead atoms. The van der Waals surface area contributed by atoms with Gasteiger partial charge in [-0.15, -0.1) is 6.58 Å². The molecule has 13 heavy (non-hydrogen) atoms. The molecule has 1 aromatic carbocycles. The van der Waals surface area contributed by atoms with Crippen LogP contribution in [0.25, 0.3) is 0 Å². The molecule has 0 saturated carbocycles. The summed E-state index contributed by atoms with van der Waals surface area (Å²) in [5, 5.41) is 0. The fraction of sp³-hybridized carbons (Fsp3) is 0.182. The summed E-state index contributed by atoms with van der Waals surface area (Å²) in [7, 11) is 0. The highest BCUT2D eigenvalue weighted by Crippen LogP contribution is 1.98. The number of benzene rings is 1. The van der Waals surface area contributed by atoms with Crippen LogP contribution in [0.4, 0.5) is 0 Å². The van der Waals surface area contributed by atoms with Gasteiger partial charge < -0.3 is 5.73 Å².